The molecule has 0 unspecified atom stereocenters. The molecule has 0 spiro atoms. The first-order chi connectivity index (χ1) is 14.0. The van der Waals surface area contributed by atoms with Crippen molar-refractivity contribution in [3.8, 4) is 5.75 Å². The summed E-state index contributed by atoms with van der Waals surface area (Å²) >= 11 is 5.80. The number of carbonyl (C=O) groups excluding carboxylic acids is 1. The van der Waals surface area contributed by atoms with Crippen LogP contribution in [-0.2, 0) is 6.61 Å². The monoisotopic (exact) mass is 408 g/mol. The van der Waals surface area contributed by atoms with E-state index in [1.807, 2.05) is 0 Å². The van der Waals surface area contributed by atoms with Gasteiger partial charge in [-0.2, -0.15) is 5.10 Å². The van der Waals surface area contributed by atoms with E-state index >= 15 is 0 Å². The number of halogens is 1. The van der Waals surface area contributed by atoms with Crippen LogP contribution in [0.2, 0.25) is 5.02 Å². The van der Waals surface area contributed by atoms with Gasteiger partial charge in [0, 0.05) is 10.6 Å². The van der Waals surface area contributed by atoms with Crippen molar-refractivity contribution in [2.45, 2.75) is 6.61 Å². The zero-order chi connectivity index (χ0) is 20.6. The third-order valence-electron chi connectivity index (χ3n) is 3.97. The summed E-state index contributed by atoms with van der Waals surface area (Å²) in [6, 6.07) is 20.2. The van der Waals surface area contributed by atoms with Gasteiger partial charge in [-0.3, -0.25) is 4.79 Å². The van der Waals surface area contributed by atoms with Crippen LogP contribution in [0.3, 0.4) is 0 Å². The lowest BCUT2D eigenvalue weighted by Gasteiger charge is -2.07. The Balaban J connectivity index is 1.50. The van der Waals surface area contributed by atoms with Gasteiger partial charge in [0.05, 0.1) is 11.8 Å². The minimum Gasteiger partial charge on any atom is -0.489 e. The van der Waals surface area contributed by atoms with Crippen molar-refractivity contribution >= 4 is 29.7 Å². The van der Waals surface area contributed by atoms with E-state index in [0.29, 0.717) is 22.9 Å². The summed E-state index contributed by atoms with van der Waals surface area (Å²) in [6.07, 6.45) is 1.53. The number of ether oxygens (including phenoxy) is 1. The lowest BCUT2D eigenvalue weighted by Crippen LogP contribution is -2.17. The van der Waals surface area contributed by atoms with Gasteiger partial charge in [0.15, 0.2) is 0 Å². The topological polar surface area (TPSA) is 88.0 Å². The van der Waals surface area contributed by atoms with Crippen LogP contribution >= 0.6 is 11.6 Å². The van der Waals surface area contributed by atoms with Gasteiger partial charge in [-0.05, 0) is 71.8 Å². The molecule has 3 aromatic carbocycles. The third kappa shape index (κ3) is 5.92. The predicted octanol–water partition coefficient (Wildman–Crippen LogP) is 4.38. The van der Waals surface area contributed by atoms with Crippen molar-refractivity contribution < 1.29 is 19.4 Å². The molecule has 3 aromatic rings. The fourth-order valence-electron chi connectivity index (χ4n) is 2.39. The molecule has 146 valence electrons. The highest BCUT2D eigenvalue weighted by molar-refractivity contribution is 6.30. The van der Waals surface area contributed by atoms with Crippen molar-refractivity contribution in [2.75, 3.05) is 0 Å². The van der Waals surface area contributed by atoms with Crippen LogP contribution < -0.4 is 10.2 Å². The molecule has 1 amide bonds. The molecule has 0 saturated carbocycles. The maximum atomic E-state index is 12.0. The molecule has 7 heteroatoms. The molecule has 6 nitrogen and oxygen atoms in total. The number of aromatic carboxylic acids is 1. The smallest absolute Gasteiger partial charge is 0.335 e. The molecule has 0 atom stereocenters. The Morgan fingerprint density at radius 1 is 0.931 bits per heavy atom. The van der Waals surface area contributed by atoms with E-state index in [2.05, 4.69) is 10.5 Å². The molecule has 0 radical (unpaired) electrons. The van der Waals surface area contributed by atoms with Gasteiger partial charge in [-0.1, -0.05) is 23.7 Å². The number of rotatable bonds is 7. The fraction of sp³-hybridized carbons (Fsp3) is 0.0455. The van der Waals surface area contributed by atoms with Crippen LogP contribution in [0.25, 0.3) is 0 Å². The van der Waals surface area contributed by atoms with Crippen LogP contribution in [0.5, 0.6) is 5.75 Å². The third-order valence-corrected chi connectivity index (χ3v) is 4.22. The molecule has 0 heterocycles. The summed E-state index contributed by atoms with van der Waals surface area (Å²) < 4.78 is 5.69. The molecule has 2 N–H and O–H groups in total. The Labute approximate surface area is 172 Å². The maximum Gasteiger partial charge on any atom is 0.335 e. The molecule has 0 fully saturated rings. The second kappa shape index (κ2) is 9.52. The Bertz CT molecular complexity index is 1010. The second-order valence-electron chi connectivity index (χ2n) is 6.07. The number of carboxylic acids is 1. The normalized spacial score (nSPS) is 10.7. The van der Waals surface area contributed by atoms with Gasteiger partial charge in [-0.15, -0.1) is 0 Å². The quantitative estimate of drug-likeness (QED) is 0.448. The zero-order valence-electron chi connectivity index (χ0n) is 15.2. The molecule has 3 rings (SSSR count). The van der Waals surface area contributed by atoms with E-state index in [9.17, 15) is 9.59 Å². The number of hydrazone groups is 1. The van der Waals surface area contributed by atoms with E-state index in [0.717, 1.165) is 11.1 Å². The molecule has 0 aliphatic carbocycles. The van der Waals surface area contributed by atoms with Gasteiger partial charge in [-0.25, -0.2) is 10.2 Å². The molecule has 0 saturated heterocycles. The van der Waals surface area contributed by atoms with Gasteiger partial charge in [0.25, 0.3) is 5.91 Å². The zero-order valence-corrected chi connectivity index (χ0v) is 16.0. The number of carboxylic acid groups (broad SMARTS) is 1. The molecular weight excluding hydrogens is 392 g/mol. The average molecular weight is 409 g/mol. The number of nitrogens with zero attached hydrogens (tertiary/aromatic N) is 1. The first-order valence-electron chi connectivity index (χ1n) is 8.65. The number of hydrogen-bond acceptors (Lipinski definition) is 4. The Kier molecular flexibility index (Phi) is 6.60. The van der Waals surface area contributed by atoms with Gasteiger partial charge >= 0.3 is 5.97 Å². The first kappa shape index (κ1) is 20.1. The SMILES string of the molecule is O=C(O)c1ccc(COc2ccc(/C=N\NC(=O)c3ccc(Cl)cc3)cc2)cc1. The molecule has 0 bridgehead atoms. The lowest BCUT2D eigenvalue weighted by atomic mass is 10.1. The summed E-state index contributed by atoms with van der Waals surface area (Å²) in [5.74, 6) is -0.625. The number of carbonyl (C=O) groups is 2. The van der Waals surface area contributed by atoms with Crippen molar-refractivity contribution in [1.29, 1.82) is 0 Å². The highest BCUT2D eigenvalue weighted by Gasteiger charge is 2.04. The molecular formula is C22H17ClN2O4. The van der Waals surface area contributed by atoms with E-state index in [1.165, 1.54) is 6.21 Å². The van der Waals surface area contributed by atoms with Crippen LogP contribution in [0.1, 0.15) is 31.8 Å². The number of benzene rings is 3. The number of hydrogen-bond donors (Lipinski definition) is 2. The fourth-order valence-corrected chi connectivity index (χ4v) is 2.52. The van der Waals surface area contributed by atoms with Gasteiger partial charge in [0.2, 0.25) is 0 Å². The average Bonchev–Trinajstić information content (AvgIpc) is 2.74. The van der Waals surface area contributed by atoms with Crippen molar-refractivity contribution in [1.82, 2.24) is 5.43 Å². The first-order valence-corrected chi connectivity index (χ1v) is 9.03. The highest BCUT2D eigenvalue weighted by atomic mass is 35.5. The summed E-state index contributed by atoms with van der Waals surface area (Å²) in [5, 5.41) is 13.4. The highest BCUT2D eigenvalue weighted by Crippen LogP contribution is 2.14. The van der Waals surface area contributed by atoms with Crippen molar-refractivity contribution in [3.05, 3.63) is 100 Å². The number of amides is 1. The largest absolute Gasteiger partial charge is 0.489 e. The van der Waals surface area contributed by atoms with Crippen LogP contribution in [0.15, 0.2) is 77.9 Å². The molecule has 0 aliphatic heterocycles. The predicted molar refractivity (Wildman–Crippen MR) is 111 cm³/mol. The van der Waals surface area contributed by atoms with E-state index in [4.69, 9.17) is 21.4 Å². The Morgan fingerprint density at radius 2 is 1.55 bits per heavy atom. The number of nitrogens with one attached hydrogen (secondary N) is 1. The van der Waals surface area contributed by atoms with E-state index in [1.54, 1.807) is 72.8 Å². The minimum atomic E-state index is -0.959. The van der Waals surface area contributed by atoms with Crippen LogP contribution in [0, 0.1) is 0 Å². The standard InChI is InChI=1S/C22H17ClN2O4/c23-19-9-7-17(8-10-19)21(26)25-24-13-15-3-11-20(12-4-15)29-14-16-1-5-18(6-2-16)22(27)28/h1-13H,14H2,(H,25,26)(H,27,28)/b24-13-. The van der Waals surface area contributed by atoms with E-state index in [-0.39, 0.29) is 11.5 Å². The van der Waals surface area contributed by atoms with Gasteiger partial charge in [0.1, 0.15) is 12.4 Å². The summed E-state index contributed by atoms with van der Waals surface area (Å²) in [7, 11) is 0. The lowest BCUT2D eigenvalue weighted by molar-refractivity contribution is 0.0696. The van der Waals surface area contributed by atoms with E-state index < -0.39 is 5.97 Å². The summed E-state index contributed by atoms with van der Waals surface area (Å²) in [5.41, 5.74) is 4.81. The van der Waals surface area contributed by atoms with Crippen molar-refractivity contribution in [3.63, 3.8) is 0 Å². The summed E-state index contributed by atoms with van der Waals surface area (Å²) in [6.45, 7) is 0.324. The van der Waals surface area contributed by atoms with Crippen molar-refractivity contribution in [2.24, 2.45) is 5.10 Å². The Morgan fingerprint density at radius 3 is 2.17 bits per heavy atom. The van der Waals surface area contributed by atoms with Crippen LogP contribution in [0.4, 0.5) is 0 Å². The second-order valence-corrected chi connectivity index (χ2v) is 6.50. The molecule has 29 heavy (non-hydrogen) atoms. The van der Waals surface area contributed by atoms with Gasteiger partial charge < -0.3 is 9.84 Å². The summed E-state index contributed by atoms with van der Waals surface area (Å²) in [4.78, 5) is 22.8. The minimum absolute atomic E-state index is 0.237. The molecule has 0 aliphatic rings. The van der Waals surface area contributed by atoms with Crippen LogP contribution in [-0.4, -0.2) is 23.2 Å². The molecule has 0 aromatic heterocycles. The Hall–Kier alpha value is -3.64. The maximum absolute atomic E-state index is 12.0.